The molecule has 18 heavy (non-hydrogen) atoms. The van der Waals surface area contributed by atoms with Gasteiger partial charge in [0, 0.05) is 6.04 Å². The summed E-state index contributed by atoms with van der Waals surface area (Å²) in [5, 5.41) is 3.15. The Morgan fingerprint density at radius 1 is 1.50 bits per heavy atom. The lowest BCUT2D eigenvalue weighted by atomic mass is 10.2. The van der Waals surface area contributed by atoms with Crippen molar-refractivity contribution in [2.24, 2.45) is 0 Å². The van der Waals surface area contributed by atoms with Gasteiger partial charge in [0.15, 0.2) is 9.84 Å². The average Bonchev–Trinajstić information content (AvgIpc) is 2.64. The van der Waals surface area contributed by atoms with E-state index in [-0.39, 0.29) is 17.5 Å². The van der Waals surface area contributed by atoms with E-state index in [9.17, 15) is 8.42 Å². The highest BCUT2D eigenvalue weighted by Crippen LogP contribution is 2.23. The van der Waals surface area contributed by atoms with Gasteiger partial charge < -0.3 is 10.1 Å². The summed E-state index contributed by atoms with van der Waals surface area (Å²) in [7, 11) is -2.89. The Labute approximate surface area is 107 Å². The van der Waals surface area contributed by atoms with Crippen LogP contribution in [0, 0.1) is 6.92 Å². The topological polar surface area (TPSA) is 81.2 Å². The lowest BCUT2D eigenvalue weighted by Gasteiger charge is -2.15. The maximum absolute atomic E-state index is 11.4. The summed E-state index contributed by atoms with van der Waals surface area (Å²) in [6.07, 6.45) is 2.04. The average molecular weight is 271 g/mol. The number of aromatic nitrogens is 2. The largest absolute Gasteiger partial charge is 0.478 e. The van der Waals surface area contributed by atoms with Crippen LogP contribution in [0.25, 0.3) is 0 Å². The Balaban J connectivity index is 2.12. The van der Waals surface area contributed by atoms with Crippen LogP contribution in [0.2, 0.25) is 0 Å². The standard InChI is InChI=1S/C11H17N3O3S/c1-3-17-11-8(2)10(12-7-13-11)14-9-4-5-18(15,16)6-9/h7,9H,3-6H2,1-2H3,(H,12,13,14). The predicted octanol–water partition coefficient (Wildman–Crippen LogP) is 0.783. The van der Waals surface area contributed by atoms with Crippen molar-refractivity contribution in [2.45, 2.75) is 26.3 Å². The number of nitrogens with one attached hydrogen (secondary N) is 1. The van der Waals surface area contributed by atoms with Crippen LogP contribution >= 0.6 is 0 Å². The highest BCUT2D eigenvalue weighted by molar-refractivity contribution is 7.91. The van der Waals surface area contributed by atoms with E-state index in [0.717, 1.165) is 5.56 Å². The minimum Gasteiger partial charge on any atom is -0.478 e. The minimum atomic E-state index is -2.89. The molecule has 1 atom stereocenters. The van der Waals surface area contributed by atoms with Crippen molar-refractivity contribution in [1.29, 1.82) is 0 Å². The molecule has 7 heteroatoms. The first kappa shape index (κ1) is 13.1. The van der Waals surface area contributed by atoms with Gasteiger partial charge in [-0.2, -0.15) is 0 Å². The van der Waals surface area contributed by atoms with E-state index in [2.05, 4.69) is 15.3 Å². The molecule has 0 amide bonds. The maximum Gasteiger partial charge on any atom is 0.221 e. The summed E-state index contributed by atoms with van der Waals surface area (Å²) in [5.41, 5.74) is 0.809. The van der Waals surface area contributed by atoms with Crippen LogP contribution in [0.4, 0.5) is 5.82 Å². The van der Waals surface area contributed by atoms with Gasteiger partial charge in [-0.05, 0) is 20.3 Å². The molecule has 1 unspecified atom stereocenters. The van der Waals surface area contributed by atoms with Crippen LogP contribution < -0.4 is 10.1 Å². The first-order chi connectivity index (χ1) is 8.52. The van der Waals surface area contributed by atoms with E-state index in [0.29, 0.717) is 24.7 Å². The van der Waals surface area contributed by atoms with Crippen LogP contribution in [-0.4, -0.2) is 42.5 Å². The van der Waals surface area contributed by atoms with Gasteiger partial charge in [0.05, 0.1) is 23.7 Å². The molecule has 1 aliphatic heterocycles. The smallest absolute Gasteiger partial charge is 0.221 e. The fraction of sp³-hybridized carbons (Fsp3) is 0.636. The Bertz CT molecular complexity index is 530. The third-order valence-electron chi connectivity index (χ3n) is 2.89. The van der Waals surface area contributed by atoms with Crippen molar-refractivity contribution in [3.63, 3.8) is 0 Å². The lowest BCUT2D eigenvalue weighted by Crippen LogP contribution is -2.22. The third kappa shape index (κ3) is 2.90. The maximum atomic E-state index is 11.4. The molecule has 1 fully saturated rings. The van der Waals surface area contributed by atoms with Crippen LogP contribution in [0.15, 0.2) is 6.33 Å². The molecule has 0 spiro atoms. The van der Waals surface area contributed by atoms with Gasteiger partial charge in [0.1, 0.15) is 12.1 Å². The van der Waals surface area contributed by atoms with Gasteiger partial charge >= 0.3 is 0 Å². The number of hydrogen-bond donors (Lipinski definition) is 1. The summed E-state index contributed by atoms with van der Waals surface area (Å²) in [6.45, 7) is 4.28. The Kier molecular flexibility index (Phi) is 3.70. The monoisotopic (exact) mass is 271 g/mol. The van der Waals surface area contributed by atoms with Gasteiger partial charge in [-0.25, -0.2) is 18.4 Å². The van der Waals surface area contributed by atoms with E-state index in [1.165, 1.54) is 6.33 Å². The zero-order chi connectivity index (χ0) is 13.2. The molecule has 1 N–H and O–H groups in total. The van der Waals surface area contributed by atoms with Crippen molar-refractivity contribution in [1.82, 2.24) is 9.97 Å². The summed E-state index contributed by atoms with van der Waals surface area (Å²) < 4.78 is 28.1. The van der Waals surface area contributed by atoms with Crippen LogP contribution in [0.1, 0.15) is 18.9 Å². The summed E-state index contributed by atoms with van der Waals surface area (Å²) in [6, 6.07) is -0.0712. The predicted molar refractivity (Wildman–Crippen MR) is 68.6 cm³/mol. The molecular weight excluding hydrogens is 254 g/mol. The molecule has 100 valence electrons. The Morgan fingerprint density at radius 2 is 2.28 bits per heavy atom. The van der Waals surface area contributed by atoms with Gasteiger partial charge in [0.25, 0.3) is 0 Å². The quantitative estimate of drug-likeness (QED) is 0.871. The highest BCUT2D eigenvalue weighted by Gasteiger charge is 2.28. The SMILES string of the molecule is CCOc1ncnc(NC2CCS(=O)(=O)C2)c1C. The number of hydrogen-bond acceptors (Lipinski definition) is 6. The Morgan fingerprint density at radius 3 is 2.89 bits per heavy atom. The molecular formula is C11H17N3O3S. The van der Waals surface area contributed by atoms with E-state index < -0.39 is 9.84 Å². The molecule has 1 aromatic rings. The van der Waals surface area contributed by atoms with Crippen molar-refractivity contribution < 1.29 is 13.2 Å². The molecule has 6 nitrogen and oxygen atoms in total. The van der Waals surface area contributed by atoms with Crippen molar-refractivity contribution in [3.8, 4) is 5.88 Å². The number of anilines is 1. The molecule has 2 rings (SSSR count). The molecule has 0 bridgehead atoms. The van der Waals surface area contributed by atoms with E-state index in [4.69, 9.17) is 4.74 Å². The fourth-order valence-electron chi connectivity index (χ4n) is 1.96. The number of ether oxygens (including phenoxy) is 1. The molecule has 2 heterocycles. The summed E-state index contributed by atoms with van der Waals surface area (Å²) in [4.78, 5) is 8.18. The fourth-order valence-corrected chi connectivity index (χ4v) is 3.64. The summed E-state index contributed by atoms with van der Waals surface area (Å²) in [5.74, 6) is 1.60. The Hall–Kier alpha value is -1.37. The van der Waals surface area contributed by atoms with Crippen LogP contribution in [-0.2, 0) is 9.84 Å². The van der Waals surface area contributed by atoms with Crippen molar-refractivity contribution >= 4 is 15.7 Å². The number of rotatable bonds is 4. The molecule has 0 aliphatic carbocycles. The van der Waals surface area contributed by atoms with Crippen molar-refractivity contribution in [2.75, 3.05) is 23.4 Å². The number of nitrogens with zero attached hydrogens (tertiary/aromatic N) is 2. The second kappa shape index (κ2) is 5.09. The molecule has 0 aromatic carbocycles. The second-order valence-electron chi connectivity index (χ2n) is 4.33. The van der Waals surface area contributed by atoms with Crippen molar-refractivity contribution in [3.05, 3.63) is 11.9 Å². The first-order valence-electron chi connectivity index (χ1n) is 5.93. The molecule has 0 saturated carbocycles. The lowest BCUT2D eigenvalue weighted by molar-refractivity contribution is 0.324. The van der Waals surface area contributed by atoms with E-state index in [1.807, 2.05) is 13.8 Å². The normalized spacial score (nSPS) is 21.8. The highest BCUT2D eigenvalue weighted by atomic mass is 32.2. The first-order valence-corrected chi connectivity index (χ1v) is 7.75. The second-order valence-corrected chi connectivity index (χ2v) is 6.56. The molecule has 1 aliphatic rings. The zero-order valence-corrected chi connectivity index (χ0v) is 11.3. The van der Waals surface area contributed by atoms with Gasteiger partial charge in [-0.1, -0.05) is 0 Å². The summed E-state index contributed by atoms with van der Waals surface area (Å²) >= 11 is 0. The molecule has 0 radical (unpaired) electrons. The zero-order valence-electron chi connectivity index (χ0n) is 10.5. The van der Waals surface area contributed by atoms with E-state index >= 15 is 0 Å². The van der Waals surface area contributed by atoms with E-state index in [1.54, 1.807) is 0 Å². The molecule has 1 saturated heterocycles. The van der Waals surface area contributed by atoms with Gasteiger partial charge in [-0.15, -0.1) is 0 Å². The number of sulfone groups is 1. The minimum absolute atomic E-state index is 0.0712. The van der Waals surface area contributed by atoms with Crippen LogP contribution in [0.3, 0.4) is 0 Å². The third-order valence-corrected chi connectivity index (χ3v) is 4.66. The molecule has 1 aromatic heterocycles. The van der Waals surface area contributed by atoms with Gasteiger partial charge in [-0.3, -0.25) is 0 Å². The van der Waals surface area contributed by atoms with Crippen LogP contribution in [0.5, 0.6) is 5.88 Å². The van der Waals surface area contributed by atoms with Gasteiger partial charge in [0.2, 0.25) is 5.88 Å².